The van der Waals surface area contributed by atoms with Crippen molar-refractivity contribution in [2.24, 2.45) is 0 Å². The molecule has 0 aliphatic rings. The summed E-state index contributed by atoms with van der Waals surface area (Å²) in [6.07, 6.45) is 0. The molecule has 112 valence electrons. The molecule has 2 aromatic rings. The van der Waals surface area contributed by atoms with Gasteiger partial charge < -0.3 is 10.1 Å². The van der Waals surface area contributed by atoms with Gasteiger partial charge in [-0.3, -0.25) is 0 Å². The van der Waals surface area contributed by atoms with Crippen LogP contribution in [-0.2, 0) is 0 Å². The van der Waals surface area contributed by atoms with Crippen molar-refractivity contribution >= 4 is 15.9 Å². The highest BCUT2D eigenvalue weighted by Crippen LogP contribution is 2.32. The standard InChI is InChI=1S/C16H16BrF2NO/c1-9-4-6-11(15(19)14(9)18)16(20-2)10-5-7-13(21-3)12(17)8-10/h4-8,16,20H,1-3H3. The molecule has 0 radical (unpaired) electrons. The van der Waals surface area contributed by atoms with Crippen LogP contribution in [0.2, 0.25) is 0 Å². The van der Waals surface area contributed by atoms with Gasteiger partial charge in [0.05, 0.1) is 17.6 Å². The lowest BCUT2D eigenvalue weighted by atomic mass is 9.97. The summed E-state index contributed by atoms with van der Waals surface area (Å²) in [4.78, 5) is 0. The van der Waals surface area contributed by atoms with Gasteiger partial charge in [0.15, 0.2) is 11.6 Å². The molecule has 0 saturated heterocycles. The number of nitrogens with one attached hydrogen (secondary N) is 1. The Morgan fingerprint density at radius 3 is 2.43 bits per heavy atom. The molecule has 2 rings (SSSR count). The monoisotopic (exact) mass is 355 g/mol. The van der Waals surface area contributed by atoms with Crippen LogP contribution in [0.15, 0.2) is 34.8 Å². The van der Waals surface area contributed by atoms with Crippen LogP contribution in [0.25, 0.3) is 0 Å². The van der Waals surface area contributed by atoms with Crippen LogP contribution in [0.1, 0.15) is 22.7 Å². The Balaban J connectivity index is 2.50. The van der Waals surface area contributed by atoms with Crippen LogP contribution in [0.4, 0.5) is 8.78 Å². The largest absolute Gasteiger partial charge is 0.496 e. The minimum Gasteiger partial charge on any atom is -0.496 e. The number of rotatable bonds is 4. The van der Waals surface area contributed by atoms with E-state index in [1.54, 1.807) is 39.3 Å². The predicted octanol–water partition coefficient (Wildman–Crippen LogP) is 4.35. The molecule has 1 unspecified atom stereocenters. The summed E-state index contributed by atoms with van der Waals surface area (Å²) in [5.74, 6) is -0.939. The van der Waals surface area contributed by atoms with Crippen molar-refractivity contribution in [3.63, 3.8) is 0 Å². The van der Waals surface area contributed by atoms with E-state index in [9.17, 15) is 8.78 Å². The first-order chi connectivity index (χ1) is 9.99. The molecule has 21 heavy (non-hydrogen) atoms. The second kappa shape index (κ2) is 6.54. The molecule has 2 aromatic carbocycles. The van der Waals surface area contributed by atoms with Gasteiger partial charge in [0.1, 0.15) is 5.75 Å². The molecule has 0 spiro atoms. The lowest BCUT2D eigenvalue weighted by Crippen LogP contribution is -2.19. The van der Waals surface area contributed by atoms with Crippen molar-refractivity contribution in [1.29, 1.82) is 0 Å². The smallest absolute Gasteiger partial charge is 0.164 e. The van der Waals surface area contributed by atoms with Gasteiger partial charge in [-0.25, -0.2) is 8.78 Å². The molecule has 1 N–H and O–H groups in total. The van der Waals surface area contributed by atoms with Crippen LogP contribution in [0, 0.1) is 18.6 Å². The fourth-order valence-corrected chi connectivity index (χ4v) is 2.81. The predicted molar refractivity (Wildman–Crippen MR) is 82.7 cm³/mol. The fraction of sp³-hybridized carbons (Fsp3) is 0.250. The minimum atomic E-state index is -0.818. The lowest BCUT2D eigenvalue weighted by molar-refractivity contribution is 0.411. The number of benzene rings is 2. The van der Waals surface area contributed by atoms with Crippen molar-refractivity contribution in [3.8, 4) is 5.75 Å². The zero-order valence-corrected chi connectivity index (χ0v) is 13.6. The third-order valence-corrected chi connectivity index (χ3v) is 4.03. The van der Waals surface area contributed by atoms with E-state index in [0.717, 1.165) is 10.0 Å². The highest BCUT2D eigenvalue weighted by molar-refractivity contribution is 9.10. The van der Waals surface area contributed by atoms with Gasteiger partial charge in [0.2, 0.25) is 0 Å². The number of ether oxygens (including phenoxy) is 1. The molecule has 5 heteroatoms. The molecule has 0 aliphatic carbocycles. The summed E-state index contributed by atoms with van der Waals surface area (Å²) in [6, 6.07) is 8.18. The van der Waals surface area contributed by atoms with E-state index >= 15 is 0 Å². The maximum atomic E-state index is 14.2. The zero-order chi connectivity index (χ0) is 15.6. The summed E-state index contributed by atoms with van der Waals surface area (Å²) >= 11 is 3.40. The molecule has 1 atom stereocenters. The van der Waals surface area contributed by atoms with Crippen LogP contribution in [0.5, 0.6) is 5.75 Å². The number of halogens is 3. The number of hydrogen-bond acceptors (Lipinski definition) is 2. The molecule has 0 aliphatic heterocycles. The molecule has 0 saturated carbocycles. The van der Waals surface area contributed by atoms with Gasteiger partial charge >= 0.3 is 0 Å². The van der Waals surface area contributed by atoms with E-state index in [4.69, 9.17) is 4.74 Å². The van der Waals surface area contributed by atoms with E-state index in [1.807, 2.05) is 12.1 Å². The van der Waals surface area contributed by atoms with Gasteiger partial charge in [-0.2, -0.15) is 0 Å². The summed E-state index contributed by atoms with van der Waals surface area (Å²) in [7, 11) is 3.28. The summed E-state index contributed by atoms with van der Waals surface area (Å²) < 4.78 is 33.9. The van der Waals surface area contributed by atoms with Gasteiger partial charge in [-0.05, 0) is 53.2 Å². The maximum absolute atomic E-state index is 14.2. The Hall–Kier alpha value is -1.46. The van der Waals surface area contributed by atoms with Crippen molar-refractivity contribution in [2.45, 2.75) is 13.0 Å². The first-order valence-corrected chi connectivity index (χ1v) is 7.24. The summed E-state index contributed by atoms with van der Waals surface area (Å²) in [5, 5.41) is 3.02. The maximum Gasteiger partial charge on any atom is 0.164 e. The van der Waals surface area contributed by atoms with Gasteiger partial charge in [-0.15, -0.1) is 0 Å². The Kier molecular flexibility index (Phi) is 4.96. The summed E-state index contributed by atoms with van der Waals surface area (Å²) in [6.45, 7) is 1.54. The van der Waals surface area contributed by atoms with Crippen molar-refractivity contribution < 1.29 is 13.5 Å². The topological polar surface area (TPSA) is 21.3 Å². The van der Waals surface area contributed by atoms with Crippen molar-refractivity contribution in [2.75, 3.05) is 14.2 Å². The highest BCUT2D eigenvalue weighted by atomic mass is 79.9. The third kappa shape index (κ3) is 3.09. The number of aryl methyl sites for hydroxylation is 1. The molecule has 0 fully saturated rings. The van der Waals surface area contributed by atoms with E-state index < -0.39 is 17.7 Å². The molecule has 0 aromatic heterocycles. The van der Waals surface area contributed by atoms with Crippen LogP contribution in [0.3, 0.4) is 0 Å². The molecule has 0 heterocycles. The first-order valence-electron chi connectivity index (χ1n) is 6.44. The Morgan fingerprint density at radius 1 is 1.14 bits per heavy atom. The van der Waals surface area contributed by atoms with Gasteiger partial charge in [0, 0.05) is 5.56 Å². The quantitative estimate of drug-likeness (QED) is 0.879. The highest BCUT2D eigenvalue weighted by Gasteiger charge is 2.20. The molecule has 0 amide bonds. The Labute approximate surface area is 131 Å². The van der Waals surface area contributed by atoms with E-state index in [-0.39, 0.29) is 5.56 Å². The minimum absolute atomic E-state index is 0.276. The van der Waals surface area contributed by atoms with Crippen molar-refractivity contribution in [1.82, 2.24) is 5.32 Å². The van der Waals surface area contributed by atoms with Gasteiger partial charge in [-0.1, -0.05) is 18.2 Å². The third-order valence-electron chi connectivity index (χ3n) is 3.41. The van der Waals surface area contributed by atoms with Gasteiger partial charge in [0.25, 0.3) is 0 Å². The average molecular weight is 356 g/mol. The zero-order valence-electron chi connectivity index (χ0n) is 12.0. The Bertz CT molecular complexity index is 661. The van der Waals surface area contributed by atoms with Crippen LogP contribution in [-0.4, -0.2) is 14.2 Å². The molecular formula is C16H16BrF2NO. The average Bonchev–Trinajstić information content (AvgIpc) is 2.48. The normalized spacial score (nSPS) is 12.3. The Morgan fingerprint density at radius 2 is 1.86 bits per heavy atom. The fourth-order valence-electron chi connectivity index (χ4n) is 2.25. The van der Waals surface area contributed by atoms with Crippen LogP contribution < -0.4 is 10.1 Å². The lowest BCUT2D eigenvalue weighted by Gasteiger charge is -2.19. The molecule has 0 bridgehead atoms. The SMILES string of the molecule is CNC(c1ccc(OC)c(Br)c1)c1ccc(C)c(F)c1F. The van der Waals surface area contributed by atoms with E-state index in [0.29, 0.717) is 11.3 Å². The van der Waals surface area contributed by atoms with Crippen LogP contribution >= 0.6 is 15.9 Å². The summed E-state index contributed by atoms with van der Waals surface area (Å²) in [5.41, 5.74) is 1.38. The molecular weight excluding hydrogens is 340 g/mol. The number of methoxy groups -OCH3 is 1. The van der Waals surface area contributed by atoms with E-state index in [1.165, 1.54) is 0 Å². The second-order valence-corrected chi connectivity index (χ2v) is 5.57. The molecule has 2 nitrogen and oxygen atoms in total. The second-order valence-electron chi connectivity index (χ2n) is 4.72. The number of hydrogen-bond donors (Lipinski definition) is 1. The van der Waals surface area contributed by atoms with Crippen molar-refractivity contribution in [3.05, 3.63) is 63.1 Å². The van der Waals surface area contributed by atoms with E-state index in [2.05, 4.69) is 21.2 Å². The first kappa shape index (κ1) is 15.9.